The van der Waals surface area contributed by atoms with E-state index in [1.54, 1.807) is 0 Å². The molecular weight excluding hydrogens is 837 g/mol. The highest BCUT2D eigenvalue weighted by atomic mass is 32.2. The van der Waals surface area contributed by atoms with Crippen molar-refractivity contribution >= 4 is 73.3 Å². The molecule has 4 nitrogen and oxygen atoms in total. The van der Waals surface area contributed by atoms with Crippen LogP contribution in [0.4, 0.5) is 17.1 Å². The SMILES string of the molecule is CC12Oc3ccccc3C1=CC=CC2c1ccc(N(c2ccc(-c3cccc4c3oc3ccccc34)cc2)c2cccc3c2SC2c4c(n(-c5ccccc5)c5ccccc45)C=CC32C)cc1. The van der Waals surface area contributed by atoms with Crippen LogP contribution in [0.1, 0.15) is 53.0 Å². The van der Waals surface area contributed by atoms with Crippen LogP contribution in [0.25, 0.3) is 61.3 Å². The van der Waals surface area contributed by atoms with E-state index in [-0.39, 0.29) is 16.6 Å². The Bertz CT molecular complexity index is 3740. The molecule has 0 saturated carbocycles. The van der Waals surface area contributed by atoms with Crippen LogP contribution < -0.4 is 9.64 Å². The maximum absolute atomic E-state index is 6.81. The zero-order chi connectivity index (χ0) is 44.4. The summed E-state index contributed by atoms with van der Waals surface area (Å²) in [6.07, 6.45) is 11.6. The summed E-state index contributed by atoms with van der Waals surface area (Å²) in [4.78, 5) is 3.77. The summed E-state index contributed by atoms with van der Waals surface area (Å²) in [6, 6.07) is 68.1. The first kappa shape index (κ1) is 38.5. The molecule has 2 aromatic heterocycles. The van der Waals surface area contributed by atoms with Gasteiger partial charge in [-0.2, -0.15) is 0 Å². The number of anilines is 3. The molecule has 0 spiro atoms. The summed E-state index contributed by atoms with van der Waals surface area (Å²) in [5.74, 6) is 0.991. The van der Waals surface area contributed by atoms with Crippen molar-refractivity contribution in [3.8, 4) is 22.6 Å². The number of ether oxygens (including phenoxy) is 1. The van der Waals surface area contributed by atoms with Gasteiger partial charge in [-0.25, -0.2) is 0 Å². The number of thioether (sulfide) groups is 1. The van der Waals surface area contributed by atoms with Crippen molar-refractivity contribution in [3.05, 3.63) is 240 Å². The van der Waals surface area contributed by atoms with Gasteiger partial charge in [0, 0.05) is 71.7 Å². The van der Waals surface area contributed by atoms with E-state index in [4.69, 9.17) is 9.15 Å². The summed E-state index contributed by atoms with van der Waals surface area (Å²) < 4.78 is 15.8. The van der Waals surface area contributed by atoms with E-state index in [1.165, 1.54) is 60.7 Å². The molecule has 320 valence electrons. The van der Waals surface area contributed by atoms with Gasteiger partial charge >= 0.3 is 0 Å². The molecule has 4 atom stereocenters. The number of aromatic nitrogens is 1. The zero-order valence-electron chi connectivity index (χ0n) is 37.1. The standard InChI is InChI=1S/C62H44N2O2S/c1-61-38-37-53-57(48-19-6-9-25-52(48)64(53)41-15-4-3-5-16-41)60(61)67-59-51(61)24-14-26-54(59)63(42-33-29-39(30-34-42)44-20-12-21-46-45-17-7-10-27-55(45)65-58(44)46)43-35-31-40(32-36-43)49-22-13-23-50-47-18-8-11-28-56(47)66-62(49,50)2/h3-38,49,60H,1-2H3. The fourth-order valence-electron chi connectivity index (χ4n) is 11.7. The summed E-state index contributed by atoms with van der Waals surface area (Å²) in [7, 11) is 0. The van der Waals surface area contributed by atoms with Gasteiger partial charge in [0.05, 0.1) is 22.1 Å². The fourth-order valence-corrected chi connectivity index (χ4v) is 13.5. The van der Waals surface area contributed by atoms with E-state index < -0.39 is 5.60 Å². The van der Waals surface area contributed by atoms with E-state index in [2.05, 4.69) is 236 Å². The summed E-state index contributed by atoms with van der Waals surface area (Å²) in [6.45, 7) is 4.67. The lowest BCUT2D eigenvalue weighted by atomic mass is 9.73. The molecule has 0 saturated heterocycles. The first-order chi connectivity index (χ1) is 33.0. The number of hydrogen-bond acceptors (Lipinski definition) is 4. The summed E-state index contributed by atoms with van der Waals surface area (Å²) in [5, 5.41) is 3.75. The maximum atomic E-state index is 6.81. The Morgan fingerprint density at radius 1 is 0.627 bits per heavy atom. The lowest BCUT2D eigenvalue weighted by molar-refractivity contribution is 0.149. The molecule has 0 N–H and O–H groups in total. The maximum Gasteiger partial charge on any atom is 0.143 e. The zero-order valence-corrected chi connectivity index (χ0v) is 37.9. The molecule has 4 unspecified atom stereocenters. The van der Waals surface area contributed by atoms with E-state index in [0.29, 0.717) is 0 Å². The van der Waals surface area contributed by atoms with Gasteiger partial charge in [-0.3, -0.25) is 0 Å². The van der Waals surface area contributed by atoms with Gasteiger partial charge in [-0.15, -0.1) is 11.8 Å². The lowest BCUT2D eigenvalue weighted by Crippen LogP contribution is -2.37. The first-order valence-electron chi connectivity index (χ1n) is 23.2. The minimum Gasteiger partial charge on any atom is -0.481 e. The van der Waals surface area contributed by atoms with Crippen molar-refractivity contribution in [1.82, 2.24) is 4.57 Å². The molecule has 10 aromatic rings. The summed E-state index contributed by atoms with van der Waals surface area (Å²) in [5.41, 5.74) is 16.7. The van der Waals surface area contributed by atoms with E-state index in [1.807, 2.05) is 17.8 Å². The van der Waals surface area contributed by atoms with Crippen molar-refractivity contribution in [2.75, 3.05) is 4.90 Å². The van der Waals surface area contributed by atoms with Crippen molar-refractivity contribution in [2.45, 2.75) is 40.9 Å². The van der Waals surface area contributed by atoms with E-state index in [0.717, 1.165) is 50.2 Å². The van der Waals surface area contributed by atoms with Crippen LogP contribution >= 0.6 is 11.8 Å². The smallest absolute Gasteiger partial charge is 0.143 e. The molecular formula is C62H44N2O2S. The number of hydrogen-bond donors (Lipinski definition) is 0. The van der Waals surface area contributed by atoms with Gasteiger partial charge in [0.1, 0.15) is 22.5 Å². The lowest BCUT2D eigenvalue weighted by Gasteiger charge is -2.35. The minimum atomic E-state index is -0.503. The van der Waals surface area contributed by atoms with Gasteiger partial charge in [0.25, 0.3) is 0 Å². The van der Waals surface area contributed by atoms with Crippen LogP contribution in [-0.4, -0.2) is 10.2 Å². The highest BCUT2D eigenvalue weighted by molar-refractivity contribution is 8.00. The average Bonchev–Trinajstić information content (AvgIpc) is 4.10. The number of fused-ring (bicyclic) bond motifs is 13. The van der Waals surface area contributed by atoms with Crippen molar-refractivity contribution in [3.63, 3.8) is 0 Å². The topological polar surface area (TPSA) is 30.5 Å². The van der Waals surface area contributed by atoms with Gasteiger partial charge in [0.15, 0.2) is 0 Å². The molecule has 67 heavy (non-hydrogen) atoms. The molecule has 5 heteroatoms. The Kier molecular flexibility index (Phi) is 8.27. The van der Waals surface area contributed by atoms with Crippen LogP contribution in [-0.2, 0) is 5.41 Å². The highest BCUT2D eigenvalue weighted by Gasteiger charge is 2.49. The molecule has 0 radical (unpaired) electrons. The van der Waals surface area contributed by atoms with Gasteiger partial charge in [0.2, 0.25) is 0 Å². The average molecular weight is 881 g/mol. The summed E-state index contributed by atoms with van der Waals surface area (Å²) >= 11 is 2.01. The van der Waals surface area contributed by atoms with Gasteiger partial charge < -0.3 is 18.6 Å². The van der Waals surface area contributed by atoms with Crippen molar-refractivity contribution < 1.29 is 9.15 Å². The Morgan fingerprint density at radius 3 is 2.18 bits per heavy atom. The monoisotopic (exact) mass is 880 g/mol. The van der Waals surface area contributed by atoms with Crippen LogP contribution in [0, 0.1) is 0 Å². The molecule has 8 aromatic carbocycles. The third-order valence-electron chi connectivity index (χ3n) is 15.0. The number of para-hydroxylation sites is 5. The number of nitrogens with zero attached hydrogens (tertiary/aromatic N) is 2. The van der Waals surface area contributed by atoms with Crippen LogP contribution in [0.3, 0.4) is 0 Å². The van der Waals surface area contributed by atoms with Crippen LogP contribution in [0.15, 0.2) is 222 Å². The molecule has 0 fully saturated rings. The molecule has 0 bridgehead atoms. The quantitative estimate of drug-likeness (QED) is 0.166. The van der Waals surface area contributed by atoms with Crippen LogP contribution in [0.2, 0.25) is 0 Å². The predicted molar refractivity (Wildman–Crippen MR) is 277 cm³/mol. The molecule has 4 heterocycles. The number of furan rings is 1. The van der Waals surface area contributed by atoms with Crippen LogP contribution in [0.5, 0.6) is 5.75 Å². The van der Waals surface area contributed by atoms with Crippen molar-refractivity contribution in [2.24, 2.45) is 0 Å². The van der Waals surface area contributed by atoms with Crippen molar-refractivity contribution in [1.29, 1.82) is 0 Å². The molecule has 0 amide bonds. The van der Waals surface area contributed by atoms with Gasteiger partial charge in [-0.1, -0.05) is 159 Å². The number of allylic oxidation sites excluding steroid dienone is 3. The molecule has 14 rings (SSSR count). The molecule has 2 aliphatic heterocycles. The Balaban J connectivity index is 0.899. The fraction of sp³-hybridized carbons (Fsp3) is 0.0968. The molecule has 2 aliphatic carbocycles. The Hall–Kier alpha value is -7.73. The van der Waals surface area contributed by atoms with E-state index in [9.17, 15) is 0 Å². The third kappa shape index (κ3) is 5.55. The highest BCUT2D eigenvalue weighted by Crippen LogP contribution is 2.65. The number of rotatable bonds is 6. The second-order valence-corrected chi connectivity index (χ2v) is 19.8. The largest absolute Gasteiger partial charge is 0.481 e. The minimum absolute atomic E-state index is 0.0428. The second-order valence-electron chi connectivity index (χ2n) is 18.7. The molecule has 4 aliphatic rings. The Labute approximate surface area is 393 Å². The normalized spacial score (nSPS) is 20.8. The third-order valence-corrected chi connectivity index (χ3v) is 16.6. The first-order valence-corrected chi connectivity index (χ1v) is 24.1. The predicted octanol–water partition coefficient (Wildman–Crippen LogP) is 16.7. The van der Waals surface area contributed by atoms with E-state index >= 15 is 0 Å². The Morgan fingerprint density at radius 2 is 1.33 bits per heavy atom. The second kappa shape index (κ2) is 14.4. The van der Waals surface area contributed by atoms with Gasteiger partial charge in [-0.05, 0) is 90.4 Å². The number of benzene rings is 8.